The Morgan fingerprint density at radius 1 is 1.03 bits per heavy atom. The average Bonchev–Trinajstić information content (AvgIpc) is 2.77. The molecule has 1 saturated heterocycles. The molecule has 0 aliphatic carbocycles. The Hall–Kier alpha value is -2.58. The van der Waals surface area contributed by atoms with Gasteiger partial charge in [-0.05, 0) is 56.3 Å². The Morgan fingerprint density at radius 2 is 1.68 bits per heavy atom. The van der Waals surface area contributed by atoms with Crippen LogP contribution < -0.4 is 10.2 Å². The summed E-state index contributed by atoms with van der Waals surface area (Å²) >= 11 is 6.05. The molecule has 7 nitrogen and oxygen atoms in total. The van der Waals surface area contributed by atoms with E-state index in [1.807, 2.05) is 24.3 Å². The second-order valence-corrected chi connectivity index (χ2v) is 10.6. The van der Waals surface area contributed by atoms with Crippen molar-refractivity contribution in [1.82, 2.24) is 10.2 Å². The lowest BCUT2D eigenvalue weighted by Gasteiger charge is -2.36. The molecule has 0 saturated carbocycles. The van der Waals surface area contributed by atoms with Gasteiger partial charge in [-0.3, -0.25) is 9.59 Å². The van der Waals surface area contributed by atoms with Crippen molar-refractivity contribution in [3.63, 3.8) is 0 Å². The third kappa shape index (κ3) is 5.57. The predicted molar refractivity (Wildman–Crippen MR) is 121 cm³/mol. The average molecular weight is 464 g/mol. The summed E-state index contributed by atoms with van der Waals surface area (Å²) in [6, 6.07) is 13.4. The second kappa shape index (κ2) is 9.70. The molecule has 0 atom stereocenters. The predicted octanol–water partition coefficient (Wildman–Crippen LogP) is 2.60. The van der Waals surface area contributed by atoms with Gasteiger partial charge in [0, 0.05) is 42.5 Å². The topological polar surface area (TPSA) is 86.8 Å². The number of hydrogen-bond acceptors (Lipinski definition) is 5. The van der Waals surface area contributed by atoms with Crippen LogP contribution in [0, 0.1) is 0 Å². The fraction of sp³-hybridized carbons (Fsp3) is 0.364. The fourth-order valence-electron chi connectivity index (χ4n) is 3.32. The monoisotopic (exact) mass is 463 g/mol. The third-order valence-electron chi connectivity index (χ3n) is 5.27. The number of nitrogens with zero attached hydrogens (tertiary/aromatic N) is 2. The summed E-state index contributed by atoms with van der Waals surface area (Å²) in [6.07, 6.45) is 0. The highest BCUT2D eigenvalue weighted by Crippen LogP contribution is 2.21. The van der Waals surface area contributed by atoms with Gasteiger partial charge < -0.3 is 15.1 Å². The second-order valence-electron chi connectivity index (χ2n) is 7.65. The number of nitrogens with one attached hydrogen (secondary N) is 1. The fourth-order valence-corrected chi connectivity index (χ4v) is 4.57. The van der Waals surface area contributed by atoms with Crippen LogP contribution >= 0.6 is 11.6 Å². The summed E-state index contributed by atoms with van der Waals surface area (Å²) in [5, 5.41) is 2.75. The van der Waals surface area contributed by atoms with E-state index in [0.29, 0.717) is 36.8 Å². The first-order valence-electron chi connectivity index (χ1n) is 10.1. The van der Waals surface area contributed by atoms with Crippen LogP contribution in [0.4, 0.5) is 5.69 Å². The largest absolute Gasteiger partial charge is 0.368 e. The maximum Gasteiger partial charge on any atom is 0.251 e. The van der Waals surface area contributed by atoms with Crippen LogP contribution in [0.3, 0.4) is 0 Å². The van der Waals surface area contributed by atoms with Crippen LogP contribution in [0.2, 0.25) is 5.02 Å². The van der Waals surface area contributed by atoms with Crippen molar-refractivity contribution in [2.45, 2.75) is 24.0 Å². The Bertz CT molecular complexity index is 1050. The number of piperazine rings is 1. The van der Waals surface area contributed by atoms with Gasteiger partial charge in [-0.2, -0.15) is 0 Å². The summed E-state index contributed by atoms with van der Waals surface area (Å²) < 4.78 is 24.3. The molecule has 2 aromatic rings. The molecule has 1 heterocycles. The molecule has 9 heteroatoms. The molecule has 0 aromatic heterocycles. The van der Waals surface area contributed by atoms with Crippen molar-refractivity contribution in [3.8, 4) is 0 Å². The van der Waals surface area contributed by atoms with Crippen molar-refractivity contribution in [2.75, 3.05) is 37.6 Å². The van der Waals surface area contributed by atoms with E-state index in [2.05, 4.69) is 10.2 Å². The molecule has 0 bridgehead atoms. The molecule has 0 spiro atoms. The summed E-state index contributed by atoms with van der Waals surface area (Å²) in [5.41, 5.74) is 1.33. The number of hydrogen-bond donors (Lipinski definition) is 1. The highest BCUT2D eigenvalue weighted by Gasteiger charge is 2.22. The molecular weight excluding hydrogens is 438 g/mol. The first-order chi connectivity index (χ1) is 14.7. The molecule has 31 heavy (non-hydrogen) atoms. The highest BCUT2D eigenvalue weighted by atomic mass is 35.5. The van der Waals surface area contributed by atoms with Gasteiger partial charge in [-0.25, -0.2) is 8.42 Å². The zero-order chi connectivity index (χ0) is 22.6. The number of halogens is 1. The van der Waals surface area contributed by atoms with Crippen molar-refractivity contribution >= 4 is 38.9 Å². The smallest absolute Gasteiger partial charge is 0.251 e. The minimum Gasteiger partial charge on any atom is -0.368 e. The minimum absolute atomic E-state index is 0.109. The van der Waals surface area contributed by atoms with E-state index >= 15 is 0 Å². The number of anilines is 1. The number of amides is 2. The number of sulfone groups is 1. The van der Waals surface area contributed by atoms with Gasteiger partial charge in [-0.15, -0.1) is 0 Å². The van der Waals surface area contributed by atoms with Gasteiger partial charge in [0.05, 0.1) is 16.7 Å². The summed E-state index contributed by atoms with van der Waals surface area (Å²) in [4.78, 5) is 28.9. The summed E-state index contributed by atoms with van der Waals surface area (Å²) in [7, 11) is -3.39. The summed E-state index contributed by atoms with van der Waals surface area (Å²) in [5.74, 6) is -0.572. The molecular formula is C22H26ClN3O4S. The molecule has 0 radical (unpaired) electrons. The van der Waals surface area contributed by atoms with Gasteiger partial charge >= 0.3 is 0 Å². The van der Waals surface area contributed by atoms with E-state index < -0.39 is 21.0 Å². The lowest BCUT2D eigenvalue weighted by molar-refractivity contribution is -0.130. The minimum atomic E-state index is -3.39. The maximum absolute atomic E-state index is 12.5. The van der Waals surface area contributed by atoms with Crippen LogP contribution in [0.5, 0.6) is 0 Å². The lowest BCUT2D eigenvalue weighted by atomic mass is 10.2. The first kappa shape index (κ1) is 23.1. The standard InChI is InChI=1S/C22H26ClN3O4S/c1-16(2)31(29,30)20-8-6-17(7-9-20)22(28)24-15-21(27)26-12-10-25(11-13-26)19-5-3-4-18(23)14-19/h3-9,14,16H,10-13,15H2,1-2H3,(H,24,28). The van der Waals surface area contributed by atoms with E-state index in [0.717, 1.165) is 5.69 Å². The van der Waals surface area contributed by atoms with Gasteiger partial charge in [0.15, 0.2) is 9.84 Å². The number of rotatable bonds is 6. The van der Waals surface area contributed by atoms with Crippen molar-refractivity contribution in [3.05, 3.63) is 59.1 Å². The number of carbonyl (C=O) groups excluding carboxylic acids is 2. The van der Waals surface area contributed by atoms with Gasteiger partial charge in [-0.1, -0.05) is 17.7 Å². The molecule has 2 aromatic carbocycles. The number of carbonyl (C=O) groups is 2. The molecule has 2 amide bonds. The van der Waals surface area contributed by atoms with E-state index in [9.17, 15) is 18.0 Å². The van der Waals surface area contributed by atoms with E-state index in [4.69, 9.17) is 11.6 Å². The normalized spacial score (nSPS) is 14.6. The van der Waals surface area contributed by atoms with Crippen molar-refractivity contribution in [2.24, 2.45) is 0 Å². The van der Waals surface area contributed by atoms with E-state index in [1.165, 1.54) is 24.3 Å². The molecule has 1 N–H and O–H groups in total. The van der Waals surface area contributed by atoms with E-state index in [1.54, 1.807) is 18.7 Å². The van der Waals surface area contributed by atoms with Crippen LogP contribution in [-0.4, -0.2) is 63.1 Å². The molecule has 1 aliphatic rings. The zero-order valence-electron chi connectivity index (χ0n) is 17.5. The molecule has 1 aliphatic heterocycles. The van der Waals surface area contributed by atoms with Crippen LogP contribution in [-0.2, 0) is 14.6 Å². The maximum atomic E-state index is 12.5. The Morgan fingerprint density at radius 3 is 2.26 bits per heavy atom. The van der Waals surface area contributed by atoms with Gasteiger partial charge in [0.1, 0.15) is 0 Å². The quantitative estimate of drug-likeness (QED) is 0.711. The molecule has 1 fully saturated rings. The summed E-state index contributed by atoms with van der Waals surface area (Å²) in [6.45, 7) is 5.60. The molecule has 0 unspecified atom stereocenters. The SMILES string of the molecule is CC(C)S(=O)(=O)c1ccc(C(=O)NCC(=O)N2CCN(c3cccc(Cl)c3)CC2)cc1. The Balaban J connectivity index is 1.50. The first-order valence-corrected chi connectivity index (χ1v) is 12.0. The Labute approximate surface area is 187 Å². The highest BCUT2D eigenvalue weighted by molar-refractivity contribution is 7.92. The van der Waals surface area contributed by atoms with Crippen LogP contribution in [0.15, 0.2) is 53.4 Å². The van der Waals surface area contributed by atoms with Gasteiger partial charge in [0.25, 0.3) is 5.91 Å². The van der Waals surface area contributed by atoms with Crippen molar-refractivity contribution < 1.29 is 18.0 Å². The van der Waals surface area contributed by atoms with E-state index in [-0.39, 0.29) is 17.3 Å². The lowest BCUT2D eigenvalue weighted by Crippen LogP contribution is -2.51. The molecule has 166 valence electrons. The van der Waals surface area contributed by atoms with Crippen LogP contribution in [0.25, 0.3) is 0 Å². The van der Waals surface area contributed by atoms with Crippen LogP contribution in [0.1, 0.15) is 24.2 Å². The van der Waals surface area contributed by atoms with Crippen molar-refractivity contribution in [1.29, 1.82) is 0 Å². The zero-order valence-corrected chi connectivity index (χ0v) is 19.1. The third-order valence-corrected chi connectivity index (χ3v) is 7.68. The molecule has 3 rings (SSSR count). The van der Waals surface area contributed by atoms with Gasteiger partial charge in [0.2, 0.25) is 5.91 Å². The Kier molecular flexibility index (Phi) is 7.23. The number of benzene rings is 2.